The highest BCUT2D eigenvalue weighted by Gasteiger charge is 2.21. The zero-order valence-corrected chi connectivity index (χ0v) is 19.8. The van der Waals surface area contributed by atoms with E-state index in [1.807, 2.05) is 18.2 Å². The predicted molar refractivity (Wildman–Crippen MR) is 123 cm³/mol. The molecule has 0 N–H and O–H groups in total. The van der Waals surface area contributed by atoms with Crippen LogP contribution in [0.5, 0.6) is 11.5 Å². The maximum atomic E-state index is 5.98. The van der Waals surface area contributed by atoms with Crippen molar-refractivity contribution in [2.24, 2.45) is 0 Å². The van der Waals surface area contributed by atoms with Crippen molar-refractivity contribution in [1.82, 2.24) is 25.1 Å². The van der Waals surface area contributed by atoms with E-state index in [4.69, 9.17) is 28.6 Å². The van der Waals surface area contributed by atoms with Crippen molar-refractivity contribution in [3.8, 4) is 23.0 Å². The Hall–Kier alpha value is -2.73. The largest absolute Gasteiger partial charge is 0.454 e. The minimum Gasteiger partial charge on any atom is -0.454 e. The van der Waals surface area contributed by atoms with E-state index in [0.717, 1.165) is 52.9 Å². The molecule has 11 heteroatoms. The molecule has 0 saturated carbocycles. The lowest BCUT2D eigenvalue weighted by atomic mass is 10.2. The number of rotatable bonds is 5. The van der Waals surface area contributed by atoms with Gasteiger partial charge in [-0.25, -0.2) is 9.97 Å². The molecule has 1 saturated heterocycles. The van der Waals surface area contributed by atoms with E-state index < -0.39 is 0 Å². The van der Waals surface area contributed by atoms with Crippen molar-refractivity contribution in [3.63, 3.8) is 0 Å². The van der Waals surface area contributed by atoms with Gasteiger partial charge in [0.15, 0.2) is 11.5 Å². The number of nitrogens with zero attached hydrogens (tertiary/aromatic N) is 5. The molecule has 2 aliphatic rings. The van der Waals surface area contributed by atoms with Crippen LogP contribution in [0.2, 0.25) is 0 Å². The highest BCUT2D eigenvalue weighted by atomic mass is 32.2. The summed E-state index contributed by atoms with van der Waals surface area (Å²) in [5.74, 6) is 2.61. The molecule has 0 unspecified atom stereocenters. The monoisotopic (exact) mass is 483 g/mol. The standard InChI is InChI=1S/C22H21N5O4S2/c1-12-13(2)32-20-18(12)21(24-17(23-20)10-27-5-7-28-8-6-27)33-22-26-25-19(31-22)14-3-4-15-16(9-14)30-11-29-15/h3-4,9H,5-8,10-11H2,1-2H3. The second kappa shape index (κ2) is 8.56. The minimum absolute atomic E-state index is 0.222. The van der Waals surface area contributed by atoms with Crippen LogP contribution in [0.1, 0.15) is 16.3 Å². The van der Waals surface area contributed by atoms with Crippen LogP contribution in [0.4, 0.5) is 0 Å². The molecule has 0 radical (unpaired) electrons. The Morgan fingerprint density at radius 1 is 1.06 bits per heavy atom. The first-order valence-corrected chi connectivity index (χ1v) is 12.3. The smallest absolute Gasteiger partial charge is 0.283 e. The van der Waals surface area contributed by atoms with Crippen LogP contribution >= 0.6 is 23.1 Å². The average Bonchev–Trinajstić information content (AvgIpc) is 3.54. The summed E-state index contributed by atoms with van der Waals surface area (Å²) in [7, 11) is 0. The fraction of sp³-hybridized carbons (Fsp3) is 0.364. The number of fused-ring (bicyclic) bond motifs is 2. The van der Waals surface area contributed by atoms with Crippen LogP contribution in [0.3, 0.4) is 0 Å². The molecule has 3 aromatic heterocycles. The maximum absolute atomic E-state index is 5.98. The van der Waals surface area contributed by atoms with E-state index in [9.17, 15) is 0 Å². The summed E-state index contributed by atoms with van der Waals surface area (Å²) < 4.78 is 22.3. The summed E-state index contributed by atoms with van der Waals surface area (Å²) in [6, 6.07) is 5.57. The molecule has 1 aromatic carbocycles. The quantitative estimate of drug-likeness (QED) is 0.387. The molecule has 2 aliphatic heterocycles. The molecule has 4 aromatic rings. The number of morpholine rings is 1. The highest BCUT2D eigenvalue weighted by molar-refractivity contribution is 7.99. The van der Waals surface area contributed by atoms with Gasteiger partial charge in [-0.05, 0) is 49.4 Å². The molecule has 0 bridgehead atoms. The predicted octanol–water partition coefficient (Wildman–Crippen LogP) is 4.07. The summed E-state index contributed by atoms with van der Waals surface area (Å²) in [5, 5.41) is 10.8. The summed E-state index contributed by atoms with van der Waals surface area (Å²) in [6.45, 7) is 8.38. The Balaban J connectivity index is 1.31. The number of hydrogen-bond donors (Lipinski definition) is 0. The van der Waals surface area contributed by atoms with E-state index in [1.165, 1.54) is 22.2 Å². The van der Waals surface area contributed by atoms with Crippen molar-refractivity contribution in [2.45, 2.75) is 30.6 Å². The molecular weight excluding hydrogens is 462 g/mol. The number of benzene rings is 1. The molecule has 6 rings (SSSR count). The zero-order valence-electron chi connectivity index (χ0n) is 18.2. The third kappa shape index (κ3) is 4.05. The number of hydrogen-bond acceptors (Lipinski definition) is 11. The molecule has 1 fully saturated rings. The third-order valence-electron chi connectivity index (χ3n) is 5.72. The van der Waals surface area contributed by atoms with Crippen molar-refractivity contribution >= 4 is 33.3 Å². The number of aryl methyl sites for hydroxylation is 2. The van der Waals surface area contributed by atoms with Crippen LogP contribution < -0.4 is 9.47 Å². The first kappa shape index (κ1) is 20.8. The number of aromatic nitrogens is 4. The molecular formula is C22H21N5O4S2. The van der Waals surface area contributed by atoms with Gasteiger partial charge in [0.25, 0.3) is 5.22 Å². The van der Waals surface area contributed by atoms with Crippen LogP contribution in [0.15, 0.2) is 32.9 Å². The van der Waals surface area contributed by atoms with E-state index in [-0.39, 0.29) is 6.79 Å². The van der Waals surface area contributed by atoms with Crippen molar-refractivity contribution < 1.29 is 18.6 Å². The number of ether oxygens (including phenoxy) is 3. The molecule has 170 valence electrons. The van der Waals surface area contributed by atoms with Gasteiger partial charge in [-0.15, -0.1) is 21.5 Å². The van der Waals surface area contributed by atoms with E-state index >= 15 is 0 Å². The Kier molecular flexibility index (Phi) is 5.41. The van der Waals surface area contributed by atoms with Crippen molar-refractivity contribution in [3.05, 3.63) is 34.5 Å². The van der Waals surface area contributed by atoms with Gasteiger partial charge in [-0.3, -0.25) is 4.90 Å². The van der Waals surface area contributed by atoms with Crippen molar-refractivity contribution in [2.75, 3.05) is 33.1 Å². The minimum atomic E-state index is 0.222. The van der Waals surface area contributed by atoms with Gasteiger partial charge in [0.05, 0.1) is 19.8 Å². The Bertz CT molecular complexity index is 1330. The van der Waals surface area contributed by atoms with Gasteiger partial charge in [0, 0.05) is 28.9 Å². The SMILES string of the molecule is Cc1sc2nc(CN3CCOCC3)nc(Sc3nnc(-c4ccc5c(c4)OCO5)o3)c2c1C. The van der Waals surface area contributed by atoms with E-state index in [2.05, 4.69) is 28.9 Å². The second-order valence-corrected chi connectivity index (χ2v) is 9.98. The maximum Gasteiger partial charge on any atom is 0.283 e. The molecule has 0 aliphatic carbocycles. The van der Waals surface area contributed by atoms with Crippen LogP contribution in [0.25, 0.3) is 21.7 Å². The van der Waals surface area contributed by atoms with Gasteiger partial charge >= 0.3 is 0 Å². The summed E-state index contributed by atoms with van der Waals surface area (Å²) in [5.41, 5.74) is 1.97. The summed E-state index contributed by atoms with van der Waals surface area (Å²) in [6.07, 6.45) is 0. The molecule has 33 heavy (non-hydrogen) atoms. The fourth-order valence-corrected chi connectivity index (χ4v) is 5.82. The van der Waals surface area contributed by atoms with Crippen LogP contribution in [-0.4, -0.2) is 58.2 Å². The molecule has 0 atom stereocenters. The summed E-state index contributed by atoms with van der Waals surface area (Å²) >= 11 is 3.07. The highest BCUT2D eigenvalue weighted by Crippen LogP contribution is 2.39. The Morgan fingerprint density at radius 2 is 1.91 bits per heavy atom. The van der Waals surface area contributed by atoms with Crippen LogP contribution in [-0.2, 0) is 11.3 Å². The lowest BCUT2D eigenvalue weighted by Gasteiger charge is -2.25. The first-order valence-electron chi connectivity index (χ1n) is 10.6. The summed E-state index contributed by atoms with van der Waals surface area (Å²) in [4.78, 5) is 14.3. The molecule has 9 nitrogen and oxygen atoms in total. The lowest BCUT2D eigenvalue weighted by Crippen LogP contribution is -2.36. The Labute approximate surface area is 198 Å². The normalized spacial score (nSPS) is 16.1. The van der Waals surface area contributed by atoms with E-state index in [0.29, 0.717) is 29.2 Å². The second-order valence-electron chi connectivity index (χ2n) is 7.84. The van der Waals surface area contributed by atoms with Gasteiger partial charge in [0.1, 0.15) is 15.7 Å². The zero-order chi connectivity index (χ0) is 22.4. The van der Waals surface area contributed by atoms with Gasteiger partial charge in [-0.2, -0.15) is 0 Å². The third-order valence-corrected chi connectivity index (χ3v) is 7.65. The van der Waals surface area contributed by atoms with Gasteiger partial charge < -0.3 is 18.6 Å². The first-order chi connectivity index (χ1) is 16.1. The van der Waals surface area contributed by atoms with Crippen molar-refractivity contribution in [1.29, 1.82) is 0 Å². The average molecular weight is 484 g/mol. The van der Waals surface area contributed by atoms with Gasteiger partial charge in [-0.1, -0.05) is 0 Å². The van der Waals surface area contributed by atoms with E-state index in [1.54, 1.807) is 11.3 Å². The fourth-order valence-electron chi connectivity index (χ4n) is 3.84. The number of thiophene rings is 1. The van der Waals surface area contributed by atoms with Gasteiger partial charge in [0.2, 0.25) is 12.7 Å². The lowest BCUT2D eigenvalue weighted by molar-refractivity contribution is 0.0330. The Morgan fingerprint density at radius 3 is 2.79 bits per heavy atom. The molecule has 0 spiro atoms. The molecule has 0 amide bonds. The topological polar surface area (TPSA) is 95.6 Å². The molecule has 5 heterocycles. The van der Waals surface area contributed by atoms with Crippen LogP contribution in [0, 0.1) is 13.8 Å².